The molecule has 0 saturated carbocycles. The number of aliphatic hydroxyl groups excluding tert-OH is 1. The van der Waals surface area contributed by atoms with Crippen molar-refractivity contribution in [1.82, 2.24) is 9.88 Å². The minimum Gasteiger partial charge on any atom is -0.497 e. The molecule has 0 spiro atoms. The molecule has 1 saturated heterocycles. The van der Waals surface area contributed by atoms with Gasteiger partial charge in [-0.3, -0.25) is 9.59 Å². The van der Waals surface area contributed by atoms with E-state index in [2.05, 4.69) is 4.98 Å². The lowest BCUT2D eigenvalue weighted by Gasteiger charge is -2.43. The van der Waals surface area contributed by atoms with E-state index in [0.29, 0.717) is 30.8 Å². The number of aliphatic carboxylic acids is 1. The van der Waals surface area contributed by atoms with E-state index in [9.17, 15) is 19.8 Å². The molecule has 0 bridgehead atoms. The van der Waals surface area contributed by atoms with Crippen molar-refractivity contribution in [3.05, 3.63) is 29.5 Å². The number of carbonyl (C=O) groups excluding carboxylic acids is 1. The first kappa shape index (κ1) is 19.2. The number of methoxy groups -OCH3 is 1. The molecule has 3 rings (SSSR count). The molecule has 1 aliphatic heterocycles. The number of carboxylic acids is 1. The second-order valence-corrected chi connectivity index (χ2v) is 7.28. The van der Waals surface area contributed by atoms with Gasteiger partial charge in [0.15, 0.2) is 0 Å². The molecule has 7 nitrogen and oxygen atoms in total. The van der Waals surface area contributed by atoms with Crippen LogP contribution in [0.25, 0.3) is 10.9 Å². The van der Waals surface area contributed by atoms with Gasteiger partial charge < -0.3 is 24.8 Å². The zero-order valence-corrected chi connectivity index (χ0v) is 15.9. The summed E-state index contributed by atoms with van der Waals surface area (Å²) in [6.45, 7) is 4.08. The third-order valence-electron chi connectivity index (χ3n) is 5.67. The molecule has 1 aliphatic rings. The minimum absolute atomic E-state index is 0.00823. The van der Waals surface area contributed by atoms with Gasteiger partial charge in [-0.25, -0.2) is 0 Å². The molecule has 2 heterocycles. The third-order valence-corrected chi connectivity index (χ3v) is 5.67. The van der Waals surface area contributed by atoms with Crippen molar-refractivity contribution < 1.29 is 24.5 Å². The first-order valence-corrected chi connectivity index (χ1v) is 9.21. The number of hydrogen-bond acceptors (Lipinski definition) is 4. The molecule has 0 radical (unpaired) electrons. The van der Waals surface area contributed by atoms with Crippen LogP contribution < -0.4 is 4.74 Å². The average molecular weight is 374 g/mol. The summed E-state index contributed by atoms with van der Waals surface area (Å²) in [7, 11) is 1.59. The van der Waals surface area contributed by atoms with E-state index < -0.39 is 17.5 Å². The summed E-state index contributed by atoms with van der Waals surface area (Å²) >= 11 is 0. The molecule has 27 heavy (non-hydrogen) atoms. The van der Waals surface area contributed by atoms with E-state index in [1.165, 1.54) is 0 Å². The number of likely N-dealkylation sites (tertiary alicyclic amines) is 1. The SMILES string of the molecule is CCC[C@@]1(C(=O)O)CN(C(=O)c2[nH]c3ccc(OC)cc3c2C)CC[C@@H]1O. The van der Waals surface area contributed by atoms with Crippen LogP contribution in [0.15, 0.2) is 18.2 Å². The van der Waals surface area contributed by atoms with E-state index in [-0.39, 0.29) is 18.9 Å². The average Bonchev–Trinajstić information content (AvgIpc) is 2.99. The van der Waals surface area contributed by atoms with Crippen molar-refractivity contribution >= 4 is 22.8 Å². The number of benzene rings is 1. The molecule has 0 aliphatic carbocycles. The van der Waals surface area contributed by atoms with Crippen molar-refractivity contribution in [2.45, 2.75) is 39.2 Å². The highest BCUT2D eigenvalue weighted by Crippen LogP contribution is 2.36. The molecular formula is C20H26N2O5. The number of aliphatic hydroxyl groups is 1. The maximum atomic E-state index is 13.2. The van der Waals surface area contributed by atoms with Gasteiger partial charge in [-0.1, -0.05) is 13.3 Å². The second kappa shape index (κ2) is 7.23. The highest BCUT2D eigenvalue weighted by molar-refractivity contribution is 6.01. The maximum absolute atomic E-state index is 13.2. The largest absolute Gasteiger partial charge is 0.497 e. The van der Waals surface area contributed by atoms with E-state index in [0.717, 1.165) is 16.5 Å². The van der Waals surface area contributed by atoms with Crippen molar-refractivity contribution in [1.29, 1.82) is 0 Å². The van der Waals surface area contributed by atoms with Crippen LogP contribution in [0, 0.1) is 12.3 Å². The number of rotatable bonds is 5. The van der Waals surface area contributed by atoms with Crippen LogP contribution in [0.1, 0.15) is 42.2 Å². The number of hydrogen-bond donors (Lipinski definition) is 3. The molecule has 0 unspecified atom stereocenters. The first-order valence-electron chi connectivity index (χ1n) is 9.21. The van der Waals surface area contributed by atoms with Crippen LogP contribution in [-0.4, -0.2) is 58.3 Å². The van der Waals surface area contributed by atoms with Crippen LogP contribution >= 0.6 is 0 Å². The van der Waals surface area contributed by atoms with Crippen LogP contribution in [-0.2, 0) is 4.79 Å². The molecule has 7 heteroatoms. The van der Waals surface area contributed by atoms with Crippen molar-refractivity contribution in [2.75, 3.05) is 20.2 Å². The maximum Gasteiger partial charge on any atom is 0.314 e. The number of piperidine rings is 1. The molecule has 3 N–H and O–H groups in total. The molecule has 146 valence electrons. The first-order chi connectivity index (χ1) is 12.8. The second-order valence-electron chi connectivity index (χ2n) is 7.28. The summed E-state index contributed by atoms with van der Waals surface area (Å²) in [5.74, 6) is -0.582. The third kappa shape index (κ3) is 3.16. The number of aromatic amines is 1. The number of nitrogens with zero attached hydrogens (tertiary/aromatic N) is 1. The number of aryl methyl sites for hydroxylation is 1. The molecular weight excluding hydrogens is 348 g/mol. The molecule has 2 aromatic rings. The highest BCUT2D eigenvalue weighted by atomic mass is 16.5. The van der Waals surface area contributed by atoms with Crippen LogP contribution in [0.5, 0.6) is 5.75 Å². The smallest absolute Gasteiger partial charge is 0.314 e. The Morgan fingerprint density at radius 2 is 2.15 bits per heavy atom. The van der Waals surface area contributed by atoms with Crippen molar-refractivity contribution in [3.8, 4) is 5.75 Å². The lowest BCUT2D eigenvalue weighted by atomic mass is 9.74. The Kier molecular flexibility index (Phi) is 5.15. The Bertz CT molecular complexity index is 875. The number of amides is 1. The van der Waals surface area contributed by atoms with Gasteiger partial charge in [-0.15, -0.1) is 0 Å². The summed E-state index contributed by atoms with van der Waals surface area (Å²) in [4.78, 5) is 29.8. The monoisotopic (exact) mass is 374 g/mol. The van der Waals surface area contributed by atoms with Gasteiger partial charge in [0.1, 0.15) is 16.9 Å². The summed E-state index contributed by atoms with van der Waals surface area (Å²) < 4.78 is 5.25. The number of carbonyl (C=O) groups is 2. The Hall–Kier alpha value is -2.54. The molecule has 1 fully saturated rings. The Morgan fingerprint density at radius 3 is 2.78 bits per heavy atom. The quantitative estimate of drug-likeness (QED) is 0.746. The fourth-order valence-corrected chi connectivity index (χ4v) is 4.07. The summed E-state index contributed by atoms with van der Waals surface area (Å²) in [6.07, 6.45) is 0.254. The van der Waals surface area contributed by atoms with Crippen molar-refractivity contribution in [3.63, 3.8) is 0 Å². The van der Waals surface area contributed by atoms with Crippen LogP contribution in [0.2, 0.25) is 0 Å². The molecule has 1 amide bonds. The number of fused-ring (bicyclic) bond motifs is 1. The van der Waals surface area contributed by atoms with Gasteiger partial charge in [-0.2, -0.15) is 0 Å². The van der Waals surface area contributed by atoms with Gasteiger partial charge >= 0.3 is 5.97 Å². The standard InChI is InChI=1S/C20H26N2O5/c1-4-8-20(19(25)26)11-22(9-7-16(20)23)18(24)17-12(2)14-10-13(27-3)5-6-15(14)21-17/h5-6,10,16,21,23H,4,7-9,11H2,1-3H3,(H,25,26)/t16-,20+/m0/s1. The zero-order chi connectivity index (χ0) is 19.8. The fraction of sp³-hybridized carbons (Fsp3) is 0.500. The molecule has 1 aromatic carbocycles. The predicted molar refractivity (Wildman–Crippen MR) is 101 cm³/mol. The van der Waals surface area contributed by atoms with Gasteiger partial charge in [0.2, 0.25) is 0 Å². The highest BCUT2D eigenvalue weighted by Gasteiger charge is 2.49. The van der Waals surface area contributed by atoms with Gasteiger partial charge in [0.25, 0.3) is 5.91 Å². The van der Waals surface area contributed by atoms with Crippen molar-refractivity contribution in [2.24, 2.45) is 5.41 Å². The summed E-state index contributed by atoms with van der Waals surface area (Å²) in [5.41, 5.74) is 0.764. The predicted octanol–water partition coefficient (Wildman–Crippen LogP) is 2.56. The minimum atomic E-state index is -1.31. The van der Waals surface area contributed by atoms with Gasteiger partial charge in [-0.05, 0) is 43.5 Å². The lowest BCUT2D eigenvalue weighted by molar-refractivity contribution is -0.162. The lowest BCUT2D eigenvalue weighted by Crippen LogP contribution is -2.57. The number of ether oxygens (including phenoxy) is 1. The Balaban J connectivity index is 1.95. The van der Waals surface area contributed by atoms with Gasteiger partial charge in [0, 0.05) is 24.0 Å². The zero-order valence-electron chi connectivity index (χ0n) is 15.9. The summed E-state index contributed by atoms with van der Waals surface area (Å²) in [6, 6.07) is 5.55. The van der Waals surface area contributed by atoms with E-state index in [4.69, 9.17) is 4.74 Å². The Morgan fingerprint density at radius 1 is 1.41 bits per heavy atom. The van der Waals surface area contributed by atoms with Gasteiger partial charge in [0.05, 0.1) is 13.2 Å². The normalized spacial score (nSPS) is 22.8. The number of aromatic nitrogens is 1. The molecule has 1 aromatic heterocycles. The topological polar surface area (TPSA) is 103 Å². The number of carboxylic acid groups (broad SMARTS) is 1. The van der Waals surface area contributed by atoms with Crippen LogP contribution in [0.4, 0.5) is 0 Å². The number of nitrogens with one attached hydrogen (secondary N) is 1. The fourth-order valence-electron chi connectivity index (χ4n) is 4.07. The Labute approximate surface area is 157 Å². The molecule has 2 atom stereocenters. The summed E-state index contributed by atoms with van der Waals surface area (Å²) in [5, 5.41) is 21.0. The van der Waals surface area contributed by atoms with E-state index in [1.807, 2.05) is 32.0 Å². The van der Waals surface area contributed by atoms with E-state index in [1.54, 1.807) is 12.0 Å². The number of H-pyrrole nitrogens is 1. The van der Waals surface area contributed by atoms with Crippen LogP contribution in [0.3, 0.4) is 0 Å². The van der Waals surface area contributed by atoms with E-state index >= 15 is 0 Å².